The van der Waals surface area contributed by atoms with Gasteiger partial charge in [0.1, 0.15) is 5.52 Å². The maximum Gasteiger partial charge on any atom is 0.335 e. The van der Waals surface area contributed by atoms with Crippen molar-refractivity contribution >= 4 is 28.8 Å². The molecule has 0 amide bonds. The molecule has 0 saturated heterocycles. The second-order valence-electron chi connectivity index (χ2n) is 4.24. The lowest BCUT2D eigenvalue weighted by Crippen LogP contribution is -1.94. The second-order valence-corrected chi connectivity index (χ2v) is 5.17. The van der Waals surface area contributed by atoms with Crippen molar-refractivity contribution in [3.8, 4) is 0 Å². The summed E-state index contributed by atoms with van der Waals surface area (Å²) in [6.45, 7) is 0. The monoisotopic (exact) mass is 285 g/mol. The third-order valence-electron chi connectivity index (χ3n) is 2.82. The van der Waals surface area contributed by atoms with Crippen LogP contribution in [0.5, 0.6) is 0 Å². The molecular weight excluding hydrogens is 274 g/mol. The van der Waals surface area contributed by atoms with Gasteiger partial charge in [0.25, 0.3) is 5.22 Å². The molecule has 20 heavy (non-hydrogen) atoms. The number of nitrogens with zero attached hydrogens (tertiary/aromatic N) is 1. The highest BCUT2D eigenvalue weighted by molar-refractivity contribution is 7.98. The molecule has 0 fully saturated rings. The minimum absolute atomic E-state index is 0.202. The molecule has 1 heterocycles. The Hall–Kier alpha value is -2.27. The summed E-state index contributed by atoms with van der Waals surface area (Å²) in [5.74, 6) is -0.207. The quantitative estimate of drug-likeness (QED) is 0.738. The molecule has 0 aliphatic rings. The van der Waals surface area contributed by atoms with Crippen LogP contribution in [0, 0.1) is 0 Å². The zero-order valence-electron chi connectivity index (χ0n) is 10.4. The molecule has 0 aliphatic carbocycles. The minimum atomic E-state index is -0.971. The number of hydrogen-bond acceptors (Lipinski definition) is 4. The fraction of sp³-hybridized carbons (Fsp3) is 0.0667. The molecule has 0 bridgehead atoms. The van der Waals surface area contributed by atoms with Crippen LogP contribution in [0.25, 0.3) is 11.1 Å². The summed E-state index contributed by atoms with van der Waals surface area (Å²) in [6.07, 6.45) is 0. The van der Waals surface area contributed by atoms with Crippen LogP contribution in [-0.4, -0.2) is 16.1 Å². The molecule has 0 atom stereocenters. The number of fused-ring (bicyclic) bond motifs is 1. The van der Waals surface area contributed by atoms with E-state index in [1.54, 1.807) is 6.07 Å². The number of rotatable bonds is 4. The lowest BCUT2D eigenvalue weighted by atomic mass is 10.2. The van der Waals surface area contributed by atoms with Crippen LogP contribution in [0.1, 0.15) is 15.9 Å². The van der Waals surface area contributed by atoms with Gasteiger partial charge in [-0.2, -0.15) is 0 Å². The van der Waals surface area contributed by atoms with Gasteiger partial charge < -0.3 is 9.52 Å². The first-order valence-electron chi connectivity index (χ1n) is 6.03. The Morgan fingerprint density at radius 1 is 1.20 bits per heavy atom. The molecule has 0 spiro atoms. The molecule has 0 radical (unpaired) electrons. The van der Waals surface area contributed by atoms with Crippen LogP contribution < -0.4 is 0 Å². The minimum Gasteiger partial charge on any atom is -0.478 e. The summed E-state index contributed by atoms with van der Waals surface area (Å²) < 4.78 is 5.57. The van der Waals surface area contributed by atoms with Crippen LogP contribution in [0.3, 0.4) is 0 Å². The smallest absolute Gasteiger partial charge is 0.335 e. The summed E-state index contributed by atoms with van der Waals surface area (Å²) in [4.78, 5) is 15.2. The van der Waals surface area contributed by atoms with Gasteiger partial charge in [-0.3, -0.25) is 0 Å². The van der Waals surface area contributed by atoms with Crippen molar-refractivity contribution < 1.29 is 14.3 Å². The normalized spacial score (nSPS) is 10.8. The number of carboxylic acid groups (broad SMARTS) is 1. The Balaban J connectivity index is 1.80. The molecular formula is C15H11NO3S. The van der Waals surface area contributed by atoms with E-state index in [0.717, 1.165) is 5.75 Å². The Morgan fingerprint density at radius 3 is 2.75 bits per heavy atom. The molecule has 100 valence electrons. The molecule has 5 heteroatoms. The first-order chi connectivity index (χ1) is 9.72. The fourth-order valence-electron chi connectivity index (χ4n) is 1.82. The van der Waals surface area contributed by atoms with E-state index in [9.17, 15) is 4.79 Å². The van der Waals surface area contributed by atoms with Gasteiger partial charge in [-0.1, -0.05) is 42.1 Å². The van der Waals surface area contributed by atoms with Gasteiger partial charge in [-0.15, -0.1) is 0 Å². The Bertz CT molecular complexity index is 752. The highest BCUT2D eigenvalue weighted by Crippen LogP contribution is 2.26. The van der Waals surface area contributed by atoms with Crippen LogP contribution >= 0.6 is 11.8 Å². The standard InChI is InChI=1S/C15H11NO3S/c17-14(18)11-6-7-12-13(8-11)19-15(16-12)20-9-10-4-2-1-3-5-10/h1-8H,9H2,(H,17,18). The van der Waals surface area contributed by atoms with Gasteiger partial charge in [0.05, 0.1) is 5.56 Å². The molecule has 3 aromatic rings. The molecule has 0 unspecified atom stereocenters. The predicted molar refractivity (Wildman–Crippen MR) is 77.0 cm³/mol. The summed E-state index contributed by atoms with van der Waals surface area (Å²) in [6, 6.07) is 14.7. The summed E-state index contributed by atoms with van der Waals surface area (Å²) in [5.41, 5.74) is 2.56. The van der Waals surface area contributed by atoms with Crippen molar-refractivity contribution in [2.75, 3.05) is 0 Å². The number of oxazole rings is 1. The van der Waals surface area contributed by atoms with Gasteiger partial charge in [-0.25, -0.2) is 9.78 Å². The van der Waals surface area contributed by atoms with E-state index >= 15 is 0 Å². The maximum absolute atomic E-state index is 10.9. The van der Waals surface area contributed by atoms with Crippen LogP contribution in [0.4, 0.5) is 0 Å². The van der Waals surface area contributed by atoms with Crippen molar-refractivity contribution in [3.63, 3.8) is 0 Å². The van der Waals surface area contributed by atoms with Crippen molar-refractivity contribution in [2.24, 2.45) is 0 Å². The van der Waals surface area contributed by atoms with E-state index < -0.39 is 5.97 Å². The van der Waals surface area contributed by atoms with Gasteiger partial charge in [0.15, 0.2) is 5.58 Å². The van der Waals surface area contributed by atoms with Crippen molar-refractivity contribution in [1.29, 1.82) is 0 Å². The number of aromatic carboxylic acids is 1. The first kappa shape index (κ1) is 12.7. The predicted octanol–water partition coefficient (Wildman–Crippen LogP) is 3.82. The number of carbonyl (C=O) groups is 1. The van der Waals surface area contributed by atoms with E-state index in [1.165, 1.54) is 29.5 Å². The Labute approximate surface area is 119 Å². The highest BCUT2D eigenvalue weighted by atomic mass is 32.2. The average molecular weight is 285 g/mol. The van der Waals surface area contributed by atoms with E-state index in [0.29, 0.717) is 16.3 Å². The second kappa shape index (κ2) is 5.38. The summed E-state index contributed by atoms with van der Waals surface area (Å²) >= 11 is 1.49. The van der Waals surface area contributed by atoms with Gasteiger partial charge in [0, 0.05) is 5.75 Å². The topological polar surface area (TPSA) is 63.3 Å². The van der Waals surface area contributed by atoms with E-state index in [-0.39, 0.29) is 5.56 Å². The van der Waals surface area contributed by atoms with Gasteiger partial charge >= 0.3 is 5.97 Å². The van der Waals surface area contributed by atoms with Crippen molar-refractivity contribution in [2.45, 2.75) is 11.0 Å². The largest absolute Gasteiger partial charge is 0.478 e. The lowest BCUT2D eigenvalue weighted by Gasteiger charge is -1.96. The Morgan fingerprint density at radius 2 is 2.00 bits per heavy atom. The zero-order valence-corrected chi connectivity index (χ0v) is 11.3. The molecule has 0 saturated carbocycles. The maximum atomic E-state index is 10.9. The van der Waals surface area contributed by atoms with E-state index in [1.807, 2.05) is 30.3 Å². The van der Waals surface area contributed by atoms with Gasteiger partial charge in [0.2, 0.25) is 0 Å². The highest BCUT2D eigenvalue weighted by Gasteiger charge is 2.10. The number of carboxylic acids is 1. The van der Waals surface area contributed by atoms with Crippen molar-refractivity contribution in [1.82, 2.24) is 4.98 Å². The van der Waals surface area contributed by atoms with E-state index in [2.05, 4.69) is 4.98 Å². The van der Waals surface area contributed by atoms with Crippen LogP contribution in [-0.2, 0) is 5.75 Å². The third-order valence-corrected chi connectivity index (χ3v) is 3.72. The van der Waals surface area contributed by atoms with E-state index in [4.69, 9.17) is 9.52 Å². The molecule has 1 aromatic heterocycles. The molecule has 2 aromatic carbocycles. The molecule has 4 nitrogen and oxygen atoms in total. The van der Waals surface area contributed by atoms with Crippen molar-refractivity contribution in [3.05, 3.63) is 59.7 Å². The zero-order chi connectivity index (χ0) is 13.9. The molecule has 1 N–H and O–H groups in total. The number of aromatic nitrogens is 1. The van der Waals surface area contributed by atoms with Crippen LogP contribution in [0.2, 0.25) is 0 Å². The van der Waals surface area contributed by atoms with Crippen LogP contribution in [0.15, 0.2) is 58.2 Å². The Kier molecular flexibility index (Phi) is 3.43. The number of thioether (sulfide) groups is 1. The molecule has 0 aliphatic heterocycles. The number of benzene rings is 2. The fourth-order valence-corrected chi connectivity index (χ4v) is 2.61. The van der Waals surface area contributed by atoms with Gasteiger partial charge in [-0.05, 0) is 23.8 Å². The molecule has 3 rings (SSSR count). The summed E-state index contributed by atoms with van der Waals surface area (Å²) in [5, 5.41) is 9.48. The lowest BCUT2D eigenvalue weighted by molar-refractivity contribution is 0.0697. The SMILES string of the molecule is O=C(O)c1ccc2nc(SCc3ccccc3)oc2c1. The summed E-state index contributed by atoms with van der Waals surface area (Å²) in [7, 11) is 0. The first-order valence-corrected chi connectivity index (χ1v) is 7.01. The number of hydrogen-bond donors (Lipinski definition) is 1. The average Bonchev–Trinajstić information content (AvgIpc) is 2.88. The third kappa shape index (κ3) is 2.67.